The normalized spacial score (nSPS) is 10.3. The third-order valence-corrected chi connectivity index (χ3v) is 3.73. The van der Waals surface area contributed by atoms with Crippen LogP contribution in [0, 0.1) is 0 Å². The molecule has 5 heteroatoms. The van der Waals surface area contributed by atoms with Crippen LogP contribution in [0.2, 0.25) is 0 Å². The van der Waals surface area contributed by atoms with Gasteiger partial charge in [0.05, 0.1) is 0 Å². The van der Waals surface area contributed by atoms with Crippen molar-refractivity contribution in [2.45, 2.75) is 44.9 Å². The van der Waals surface area contributed by atoms with Gasteiger partial charge in [-0.15, -0.1) is 11.3 Å². The minimum atomic E-state index is -0.817. The number of hydrogen-bond acceptors (Lipinski definition) is 3. The number of amides is 1. The van der Waals surface area contributed by atoms with Crippen LogP contribution in [0.5, 0.6) is 0 Å². The summed E-state index contributed by atoms with van der Waals surface area (Å²) in [5, 5.41) is 13.3. The average molecular weight is 283 g/mol. The van der Waals surface area contributed by atoms with Gasteiger partial charge >= 0.3 is 5.97 Å². The summed E-state index contributed by atoms with van der Waals surface area (Å²) in [6.07, 6.45) is 5.32. The number of carboxylic acids is 1. The van der Waals surface area contributed by atoms with Gasteiger partial charge in [-0.2, -0.15) is 0 Å². The number of thiophene rings is 1. The summed E-state index contributed by atoms with van der Waals surface area (Å²) in [6, 6.07) is 4.20. The number of nitrogens with one attached hydrogen (secondary N) is 1. The molecule has 0 saturated heterocycles. The number of carboxylic acid groups (broad SMARTS) is 1. The van der Waals surface area contributed by atoms with Crippen LogP contribution >= 0.6 is 11.3 Å². The zero-order valence-corrected chi connectivity index (χ0v) is 11.9. The Morgan fingerprint density at radius 2 is 2.00 bits per heavy atom. The van der Waals surface area contributed by atoms with Crippen LogP contribution in [0.4, 0.5) is 0 Å². The Hall–Kier alpha value is -1.36. The number of hydrogen-bond donors (Lipinski definition) is 2. The molecule has 106 valence electrons. The molecule has 0 fully saturated rings. The number of carbonyl (C=O) groups excluding carboxylic acids is 1. The molecule has 0 atom stereocenters. The van der Waals surface area contributed by atoms with Crippen LogP contribution in [0.1, 0.15) is 43.4 Å². The van der Waals surface area contributed by atoms with Crippen LogP contribution < -0.4 is 5.32 Å². The Labute approximate surface area is 117 Å². The molecule has 0 unspecified atom stereocenters. The summed E-state index contributed by atoms with van der Waals surface area (Å²) in [7, 11) is 0. The number of aliphatic carboxylic acids is 1. The van der Waals surface area contributed by atoms with Gasteiger partial charge < -0.3 is 10.4 Å². The summed E-state index contributed by atoms with van der Waals surface area (Å²) in [5.41, 5.74) is 0. The smallest absolute Gasteiger partial charge is 0.303 e. The van der Waals surface area contributed by atoms with E-state index in [9.17, 15) is 9.59 Å². The topological polar surface area (TPSA) is 66.4 Å². The molecule has 1 aromatic rings. The fourth-order valence-corrected chi connectivity index (χ4v) is 2.52. The van der Waals surface area contributed by atoms with Gasteiger partial charge in [0.15, 0.2) is 0 Å². The molecule has 0 spiro atoms. The predicted octanol–water partition coefficient (Wildman–Crippen LogP) is 2.83. The largest absolute Gasteiger partial charge is 0.481 e. The summed E-state index contributed by atoms with van der Waals surface area (Å²) < 4.78 is 0. The second-order valence-electron chi connectivity index (χ2n) is 4.49. The molecular formula is C14H21NO3S. The van der Waals surface area contributed by atoms with Gasteiger partial charge in [0.1, 0.15) is 0 Å². The highest BCUT2D eigenvalue weighted by Gasteiger charge is 2.02. The van der Waals surface area contributed by atoms with Crippen molar-refractivity contribution in [2.24, 2.45) is 0 Å². The van der Waals surface area contributed by atoms with Gasteiger partial charge in [-0.3, -0.25) is 9.59 Å². The number of unbranched alkanes of at least 4 members (excludes halogenated alkanes) is 2. The zero-order valence-electron chi connectivity index (χ0n) is 11.1. The van der Waals surface area contributed by atoms with Gasteiger partial charge in [0, 0.05) is 24.3 Å². The standard InChI is InChI=1S/C14H21NO3S/c16-13(15-10-4-9-14(17)18)8-3-1-2-6-12-7-5-11-19-12/h5,7,11H,1-4,6,8-10H2,(H,15,16)(H,17,18). The molecule has 19 heavy (non-hydrogen) atoms. The molecule has 0 aliphatic heterocycles. The molecule has 1 heterocycles. The lowest BCUT2D eigenvalue weighted by atomic mass is 10.1. The first-order valence-corrected chi connectivity index (χ1v) is 7.57. The Bertz CT molecular complexity index is 376. The molecule has 1 aromatic heterocycles. The van der Waals surface area contributed by atoms with E-state index in [-0.39, 0.29) is 12.3 Å². The van der Waals surface area contributed by atoms with E-state index in [2.05, 4.69) is 22.8 Å². The Morgan fingerprint density at radius 1 is 1.16 bits per heavy atom. The maximum Gasteiger partial charge on any atom is 0.303 e. The SMILES string of the molecule is O=C(O)CCCNC(=O)CCCCCc1cccs1. The third kappa shape index (κ3) is 8.37. The first-order chi connectivity index (χ1) is 9.18. The van der Waals surface area contributed by atoms with Crippen LogP contribution in [-0.4, -0.2) is 23.5 Å². The van der Waals surface area contributed by atoms with E-state index in [1.807, 2.05) is 0 Å². The van der Waals surface area contributed by atoms with Crippen molar-refractivity contribution in [3.63, 3.8) is 0 Å². The highest BCUT2D eigenvalue weighted by molar-refractivity contribution is 7.09. The Morgan fingerprint density at radius 3 is 2.68 bits per heavy atom. The van der Waals surface area contributed by atoms with Crippen molar-refractivity contribution in [1.29, 1.82) is 0 Å². The zero-order chi connectivity index (χ0) is 13.9. The van der Waals surface area contributed by atoms with E-state index in [0.717, 1.165) is 25.7 Å². The monoisotopic (exact) mass is 283 g/mol. The first-order valence-electron chi connectivity index (χ1n) is 6.69. The van der Waals surface area contributed by atoms with Gasteiger partial charge in [-0.25, -0.2) is 0 Å². The van der Waals surface area contributed by atoms with E-state index in [0.29, 0.717) is 19.4 Å². The first kappa shape index (κ1) is 15.7. The highest BCUT2D eigenvalue weighted by atomic mass is 32.1. The van der Waals surface area contributed by atoms with E-state index < -0.39 is 5.97 Å². The van der Waals surface area contributed by atoms with Crippen molar-refractivity contribution < 1.29 is 14.7 Å². The molecule has 1 amide bonds. The Kier molecular flexibility index (Phi) is 7.89. The van der Waals surface area contributed by atoms with Crippen LogP contribution in [0.25, 0.3) is 0 Å². The molecular weight excluding hydrogens is 262 g/mol. The fraction of sp³-hybridized carbons (Fsp3) is 0.571. The molecule has 0 aliphatic carbocycles. The molecule has 0 aliphatic rings. The van der Waals surface area contributed by atoms with Crippen LogP contribution in [0.3, 0.4) is 0 Å². The highest BCUT2D eigenvalue weighted by Crippen LogP contribution is 2.13. The minimum Gasteiger partial charge on any atom is -0.481 e. The van der Waals surface area contributed by atoms with Gasteiger partial charge in [0.25, 0.3) is 0 Å². The summed E-state index contributed by atoms with van der Waals surface area (Å²) in [5.74, 6) is -0.788. The average Bonchev–Trinajstić information content (AvgIpc) is 2.87. The molecule has 0 aromatic carbocycles. The van der Waals surface area contributed by atoms with E-state index >= 15 is 0 Å². The molecule has 0 saturated carbocycles. The van der Waals surface area contributed by atoms with Crippen molar-refractivity contribution in [3.8, 4) is 0 Å². The lowest BCUT2D eigenvalue weighted by Gasteiger charge is -2.04. The molecule has 4 nitrogen and oxygen atoms in total. The van der Waals surface area contributed by atoms with Crippen LogP contribution in [0.15, 0.2) is 17.5 Å². The lowest BCUT2D eigenvalue weighted by molar-refractivity contribution is -0.137. The number of carbonyl (C=O) groups is 2. The van der Waals surface area contributed by atoms with Crippen molar-refractivity contribution >= 4 is 23.2 Å². The van der Waals surface area contributed by atoms with E-state index in [1.54, 1.807) is 11.3 Å². The van der Waals surface area contributed by atoms with Crippen molar-refractivity contribution in [1.82, 2.24) is 5.32 Å². The summed E-state index contributed by atoms with van der Waals surface area (Å²) >= 11 is 1.78. The summed E-state index contributed by atoms with van der Waals surface area (Å²) in [6.45, 7) is 0.459. The van der Waals surface area contributed by atoms with Gasteiger partial charge in [-0.05, 0) is 37.1 Å². The Balaban J connectivity index is 1.91. The van der Waals surface area contributed by atoms with Crippen molar-refractivity contribution in [3.05, 3.63) is 22.4 Å². The third-order valence-electron chi connectivity index (χ3n) is 2.80. The van der Waals surface area contributed by atoms with Gasteiger partial charge in [-0.1, -0.05) is 12.5 Å². The second kappa shape index (κ2) is 9.55. The lowest BCUT2D eigenvalue weighted by Crippen LogP contribution is -2.24. The maximum atomic E-state index is 11.4. The molecule has 2 N–H and O–H groups in total. The predicted molar refractivity (Wildman–Crippen MR) is 76.4 cm³/mol. The van der Waals surface area contributed by atoms with E-state index in [4.69, 9.17) is 5.11 Å². The van der Waals surface area contributed by atoms with E-state index in [1.165, 1.54) is 4.88 Å². The quantitative estimate of drug-likeness (QED) is 0.649. The minimum absolute atomic E-state index is 0.0292. The molecule has 0 bridgehead atoms. The fourth-order valence-electron chi connectivity index (χ4n) is 1.77. The van der Waals surface area contributed by atoms with Gasteiger partial charge in [0.2, 0.25) is 5.91 Å². The number of rotatable bonds is 10. The maximum absolute atomic E-state index is 11.4. The number of aryl methyl sites for hydroxylation is 1. The molecule has 1 rings (SSSR count). The second-order valence-corrected chi connectivity index (χ2v) is 5.52. The molecule has 0 radical (unpaired) electrons. The van der Waals surface area contributed by atoms with Crippen LogP contribution in [-0.2, 0) is 16.0 Å². The summed E-state index contributed by atoms with van der Waals surface area (Å²) in [4.78, 5) is 23.1. The van der Waals surface area contributed by atoms with Crippen molar-refractivity contribution in [2.75, 3.05) is 6.54 Å².